The molecule has 1 aromatic heterocycles. The van der Waals surface area contributed by atoms with Crippen LogP contribution < -0.4 is 15.4 Å². The summed E-state index contributed by atoms with van der Waals surface area (Å²) < 4.78 is 7.98. The Bertz CT molecular complexity index is 810. The molecule has 2 aromatic rings. The number of likely N-dealkylation sites (N-methyl/N-ethyl adjacent to an activating group) is 1. The van der Waals surface area contributed by atoms with E-state index in [0.29, 0.717) is 19.7 Å². The molecule has 0 spiro atoms. The molecule has 0 amide bonds. The summed E-state index contributed by atoms with van der Waals surface area (Å²) in [6.45, 7) is 16.3. The van der Waals surface area contributed by atoms with Crippen LogP contribution in [-0.2, 0) is 20.1 Å². The number of aliphatic imine (C=N–C) groups is 1. The van der Waals surface area contributed by atoms with E-state index in [9.17, 15) is 0 Å². The van der Waals surface area contributed by atoms with Crippen molar-refractivity contribution in [2.24, 2.45) is 12.0 Å². The van der Waals surface area contributed by atoms with E-state index < -0.39 is 0 Å². The Labute approximate surface area is 181 Å². The Kier molecular flexibility index (Phi) is 9.67. The Hall–Kier alpha value is -2.54. The third kappa shape index (κ3) is 6.76. The molecule has 0 atom stereocenters. The summed E-state index contributed by atoms with van der Waals surface area (Å²) in [5.41, 5.74) is 4.51. The zero-order chi connectivity index (χ0) is 21.9. The van der Waals surface area contributed by atoms with Gasteiger partial charge in [-0.3, -0.25) is 4.68 Å². The molecule has 0 radical (unpaired) electrons. The predicted octanol–water partition coefficient (Wildman–Crippen LogP) is 3.01. The quantitative estimate of drug-likeness (QED) is 0.437. The van der Waals surface area contributed by atoms with Crippen LogP contribution in [0.5, 0.6) is 5.75 Å². The number of rotatable bonds is 11. The molecular formula is C23H38N6O. The number of para-hydroxylation sites is 1. The first-order chi connectivity index (χ1) is 14.5. The molecule has 0 saturated heterocycles. The van der Waals surface area contributed by atoms with Gasteiger partial charge in [-0.2, -0.15) is 5.10 Å². The van der Waals surface area contributed by atoms with Crippen LogP contribution in [0.15, 0.2) is 29.3 Å². The van der Waals surface area contributed by atoms with Crippen molar-refractivity contribution in [1.29, 1.82) is 0 Å². The molecule has 1 aromatic carbocycles. The van der Waals surface area contributed by atoms with Crippen LogP contribution in [0.4, 0.5) is 0 Å². The van der Waals surface area contributed by atoms with Gasteiger partial charge in [-0.1, -0.05) is 32.0 Å². The molecule has 30 heavy (non-hydrogen) atoms. The standard InChI is InChI=1S/C23H38N6O/c1-7-24-23(26-17-21-18(4)27-28(6)19(21)5)25-16-20-12-10-11-13-22(20)30-15-14-29(8-2)9-3/h10-13H,7-9,14-17H2,1-6H3,(H2,24,25,26). The van der Waals surface area contributed by atoms with Crippen LogP contribution in [-0.4, -0.2) is 53.4 Å². The fourth-order valence-electron chi connectivity index (χ4n) is 3.35. The Morgan fingerprint density at radius 3 is 2.50 bits per heavy atom. The lowest BCUT2D eigenvalue weighted by Crippen LogP contribution is -2.37. The van der Waals surface area contributed by atoms with Gasteiger partial charge >= 0.3 is 0 Å². The maximum absolute atomic E-state index is 6.06. The maximum atomic E-state index is 6.06. The molecule has 7 heteroatoms. The monoisotopic (exact) mass is 414 g/mol. The molecule has 0 unspecified atom stereocenters. The molecule has 166 valence electrons. The molecule has 0 bridgehead atoms. The number of guanidine groups is 1. The van der Waals surface area contributed by atoms with E-state index in [1.165, 1.54) is 11.3 Å². The highest BCUT2D eigenvalue weighted by Gasteiger charge is 2.10. The number of nitrogens with one attached hydrogen (secondary N) is 2. The molecule has 0 fully saturated rings. The average Bonchev–Trinajstić information content (AvgIpc) is 2.99. The third-order valence-corrected chi connectivity index (χ3v) is 5.38. The van der Waals surface area contributed by atoms with Gasteiger partial charge in [-0.25, -0.2) is 4.99 Å². The summed E-state index contributed by atoms with van der Waals surface area (Å²) in [5.74, 6) is 1.70. The molecule has 2 N–H and O–H groups in total. The van der Waals surface area contributed by atoms with Gasteiger partial charge in [-0.15, -0.1) is 0 Å². The zero-order valence-corrected chi connectivity index (χ0v) is 19.5. The predicted molar refractivity (Wildman–Crippen MR) is 124 cm³/mol. The van der Waals surface area contributed by atoms with Crippen molar-refractivity contribution >= 4 is 5.96 Å². The first-order valence-corrected chi connectivity index (χ1v) is 10.9. The zero-order valence-electron chi connectivity index (χ0n) is 19.5. The molecule has 0 saturated carbocycles. The van der Waals surface area contributed by atoms with Gasteiger partial charge in [0.15, 0.2) is 5.96 Å². The highest BCUT2D eigenvalue weighted by Crippen LogP contribution is 2.19. The molecule has 0 aliphatic carbocycles. The molecule has 0 aliphatic heterocycles. The van der Waals surface area contributed by atoms with Gasteiger partial charge in [0.1, 0.15) is 12.4 Å². The molecular weight excluding hydrogens is 376 g/mol. The highest BCUT2D eigenvalue weighted by molar-refractivity contribution is 5.79. The number of aromatic nitrogens is 2. The van der Waals surface area contributed by atoms with Crippen molar-refractivity contribution in [3.63, 3.8) is 0 Å². The second-order valence-corrected chi connectivity index (χ2v) is 7.30. The fourth-order valence-corrected chi connectivity index (χ4v) is 3.35. The van der Waals surface area contributed by atoms with E-state index in [2.05, 4.69) is 54.4 Å². The van der Waals surface area contributed by atoms with Gasteiger partial charge in [0.25, 0.3) is 0 Å². The Balaban J connectivity index is 2.01. The van der Waals surface area contributed by atoms with Crippen LogP contribution in [0.2, 0.25) is 0 Å². The van der Waals surface area contributed by atoms with E-state index in [-0.39, 0.29) is 0 Å². The molecule has 1 heterocycles. The van der Waals surface area contributed by atoms with E-state index in [4.69, 9.17) is 9.73 Å². The van der Waals surface area contributed by atoms with Crippen molar-refractivity contribution < 1.29 is 4.74 Å². The summed E-state index contributed by atoms with van der Waals surface area (Å²) >= 11 is 0. The number of benzene rings is 1. The summed E-state index contributed by atoms with van der Waals surface area (Å²) in [7, 11) is 1.97. The minimum atomic E-state index is 0.557. The number of hydrogen-bond donors (Lipinski definition) is 2. The lowest BCUT2D eigenvalue weighted by atomic mass is 10.2. The summed E-state index contributed by atoms with van der Waals surface area (Å²) in [6, 6.07) is 8.15. The Morgan fingerprint density at radius 2 is 1.87 bits per heavy atom. The second-order valence-electron chi connectivity index (χ2n) is 7.30. The molecule has 2 rings (SSSR count). The third-order valence-electron chi connectivity index (χ3n) is 5.38. The first-order valence-electron chi connectivity index (χ1n) is 10.9. The van der Waals surface area contributed by atoms with Gasteiger partial charge in [-0.05, 0) is 39.9 Å². The van der Waals surface area contributed by atoms with Crippen molar-refractivity contribution in [3.8, 4) is 5.75 Å². The van der Waals surface area contributed by atoms with Crippen LogP contribution in [0.25, 0.3) is 0 Å². The Morgan fingerprint density at radius 1 is 1.13 bits per heavy atom. The van der Waals surface area contributed by atoms with Crippen molar-refractivity contribution in [1.82, 2.24) is 25.3 Å². The van der Waals surface area contributed by atoms with Crippen molar-refractivity contribution in [2.75, 3.05) is 32.8 Å². The summed E-state index contributed by atoms with van der Waals surface area (Å²) in [5, 5.41) is 11.2. The number of nitrogens with zero attached hydrogens (tertiary/aromatic N) is 4. The van der Waals surface area contributed by atoms with Gasteiger partial charge in [0.05, 0.1) is 12.2 Å². The summed E-state index contributed by atoms with van der Waals surface area (Å²) in [4.78, 5) is 7.14. The highest BCUT2D eigenvalue weighted by atomic mass is 16.5. The van der Waals surface area contributed by atoms with E-state index >= 15 is 0 Å². The number of ether oxygens (including phenoxy) is 1. The largest absolute Gasteiger partial charge is 0.492 e. The van der Waals surface area contributed by atoms with Gasteiger partial charge < -0.3 is 20.3 Å². The average molecular weight is 415 g/mol. The minimum Gasteiger partial charge on any atom is -0.492 e. The molecule has 0 aliphatic rings. The normalized spacial score (nSPS) is 11.8. The van der Waals surface area contributed by atoms with Gasteiger partial charge in [0, 0.05) is 43.5 Å². The van der Waals surface area contributed by atoms with Crippen LogP contribution in [0.1, 0.15) is 43.3 Å². The lowest BCUT2D eigenvalue weighted by Gasteiger charge is -2.19. The van der Waals surface area contributed by atoms with Crippen molar-refractivity contribution in [2.45, 2.75) is 47.7 Å². The maximum Gasteiger partial charge on any atom is 0.191 e. The van der Waals surface area contributed by atoms with Gasteiger partial charge in [0.2, 0.25) is 0 Å². The fraction of sp³-hybridized carbons (Fsp3) is 0.565. The van der Waals surface area contributed by atoms with Crippen LogP contribution in [0.3, 0.4) is 0 Å². The van der Waals surface area contributed by atoms with E-state index in [1.807, 2.05) is 36.9 Å². The smallest absolute Gasteiger partial charge is 0.191 e. The minimum absolute atomic E-state index is 0.557. The lowest BCUT2D eigenvalue weighted by molar-refractivity contribution is 0.221. The number of aryl methyl sites for hydroxylation is 2. The SMILES string of the molecule is CCNC(=NCc1ccccc1OCCN(CC)CC)NCc1c(C)nn(C)c1C. The first kappa shape index (κ1) is 23.7. The van der Waals surface area contributed by atoms with E-state index in [1.54, 1.807) is 0 Å². The second kappa shape index (κ2) is 12.2. The summed E-state index contributed by atoms with van der Waals surface area (Å²) in [6.07, 6.45) is 0. The number of hydrogen-bond acceptors (Lipinski definition) is 4. The topological polar surface area (TPSA) is 66.7 Å². The van der Waals surface area contributed by atoms with Crippen LogP contribution in [0, 0.1) is 13.8 Å². The van der Waals surface area contributed by atoms with E-state index in [0.717, 1.165) is 49.1 Å². The van der Waals surface area contributed by atoms with Crippen molar-refractivity contribution in [3.05, 3.63) is 46.8 Å². The van der Waals surface area contributed by atoms with Crippen LogP contribution >= 0.6 is 0 Å². The molecule has 7 nitrogen and oxygen atoms in total.